The molecule has 3 N–H and O–H groups in total. The van der Waals surface area contributed by atoms with Gasteiger partial charge in [0.05, 0.1) is 19.3 Å². The van der Waals surface area contributed by atoms with Gasteiger partial charge in [0.15, 0.2) is 17.3 Å². The Kier molecular flexibility index (Phi) is 7.10. The van der Waals surface area contributed by atoms with Gasteiger partial charge in [-0.15, -0.1) is 0 Å². The number of anilines is 1. The van der Waals surface area contributed by atoms with Crippen molar-refractivity contribution in [2.75, 3.05) is 24.7 Å². The second-order valence-electron chi connectivity index (χ2n) is 10.5. The van der Waals surface area contributed by atoms with Crippen molar-refractivity contribution < 1.29 is 14.6 Å². The van der Waals surface area contributed by atoms with Crippen molar-refractivity contribution in [3.05, 3.63) is 35.7 Å². The van der Waals surface area contributed by atoms with Crippen molar-refractivity contribution in [2.24, 2.45) is 11.8 Å². The summed E-state index contributed by atoms with van der Waals surface area (Å²) in [5, 5.41) is 19.5. The molecule has 2 aliphatic rings. The quantitative estimate of drug-likeness (QED) is 0.345. The van der Waals surface area contributed by atoms with Crippen LogP contribution in [0.15, 0.2) is 24.3 Å². The molecule has 0 bridgehead atoms. The Bertz CT molecular complexity index is 1310. The number of amides is 1. The Morgan fingerprint density at radius 3 is 2.68 bits per heavy atom. The summed E-state index contributed by atoms with van der Waals surface area (Å²) in [5.74, 6) is 1.75. The highest BCUT2D eigenvalue weighted by atomic mass is 16.5. The van der Waals surface area contributed by atoms with Gasteiger partial charge in [-0.1, -0.05) is 43.5 Å². The van der Waals surface area contributed by atoms with E-state index < -0.39 is 6.09 Å². The summed E-state index contributed by atoms with van der Waals surface area (Å²) in [6.07, 6.45) is 3.47. The van der Waals surface area contributed by atoms with Gasteiger partial charge in [-0.25, -0.2) is 14.8 Å². The minimum atomic E-state index is -1.33. The summed E-state index contributed by atoms with van der Waals surface area (Å²) in [4.78, 5) is 27.9. The fourth-order valence-electron chi connectivity index (χ4n) is 5.48. The molecule has 1 aliphatic carbocycles. The number of hydrogen-bond acceptors (Lipinski definition) is 7. The molecule has 196 valence electrons. The number of aromatic nitrogens is 4. The lowest BCUT2D eigenvalue weighted by atomic mass is 9.83. The number of aryl methyl sites for hydroxylation is 1. The number of fused-ring (bicyclic) bond motifs is 1. The van der Waals surface area contributed by atoms with Gasteiger partial charge >= 0.3 is 6.09 Å². The summed E-state index contributed by atoms with van der Waals surface area (Å²) in [5.41, 5.74) is 3.92. The van der Waals surface area contributed by atoms with E-state index >= 15 is 0 Å². The third-order valence-corrected chi connectivity index (χ3v) is 7.53. The molecule has 1 amide bonds. The Morgan fingerprint density at radius 2 is 1.97 bits per heavy atom. The molecule has 1 saturated heterocycles. The van der Waals surface area contributed by atoms with E-state index in [2.05, 4.69) is 39.7 Å². The largest absolute Gasteiger partial charge is 0.465 e. The molecule has 10 heteroatoms. The summed E-state index contributed by atoms with van der Waals surface area (Å²) >= 11 is 0. The smallest absolute Gasteiger partial charge is 0.410 e. The molecule has 0 unspecified atom stereocenters. The van der Waals surface area contributed by atoms with Crippen LogP contribution in [0.4, 0.5) is 10.7 Å². The molecular formula is C27H35N7O3. The zero-order chi connectivity index (χ0) is 26.1. The second kappa shape index (κ2) is 10.5. The van der Waals surface area contributed by atoms with Crippen molar-refractivity contribution in [3.63, 3.8) is 0 Å². The first-order valence-corrected chi connectivity index (χ1v) is 13.1. The number of nitrogens with one attached hydrogen (secondary N) is 2. The molecule has 5 rings (SSSR count). The minimum absolute atomic E-state index is 0.00382. The number of morpholine rings is 1. The summed E-state index contributed by atoms with van der Waals surface area (Å²) < 4.78 is 7.98. The zero-order valence-electron chi connectivity index (χ0n) is 21.7. The summed E-state index contributed by atoms with van der Waals surface area (Å²) in [7, 11) is 0. The van der Waals surface area contributed by atoms with E-state index in [1.165, 1.54) is 25.7 Å². The molecule has 2 aromatic heterocycles. The lowest BCUT2D eigenvalue weighted by Crippen LogP contribution is -2.45. The van der Waals surface area contributed by atoms with Crippen molar-refractivity contribution in [2.45, 2.75) is 59.0 Å². The molecular weight excluding hydrogens is 470 g/mol. The van der Waals surface area contributed by atoms with Gasteiger partial charge in [0.1, 0.15) is 11.2 Å². The van der Waals surface area contributed by atoms with Crippen LogP contribution in [0, 0.1) is 24.2 Å². The van der Waals surface area contributed by atoms with E-state index in [0.717, 1.165) is 41.6 Å². The first kappa shape index (κ1) is 25.1. The number of benzene rings is 1. The maximum Gasteiger partial charge on any atom is 0.410 e. The average molecular weight is 506 g/mol. The molecule has 2 fully saturated rings. The molecule has 0 spiro atoms. The van der Waals surface area contributed by atoms with Gasteiger partial charge in [-0.2, -0.15) is 4.98 Å². The lowest BCUT2D eigenvalue weighted by molar-refractivity contribution is 0.0976. The standard InChI is InChI=1S/C27H35N7O3/c1-16-7-9-19(10-8-16)14-34-22-21(20-6-4-5-17(2)13-20)29-25(23(28)30-27(35)36)31-24(22)32-26(34)33-11-12-37-15-18(33)3/h4-6,13,16,18-19H,7-12,14-15H2,1-3H3,(H2,28,30)(H,35,36)/t16-,18-,19-/m0/s1. The highest BCUT2D eigenvalue weighted by molar-refractivity contribution is 6.03. The molecule has 3 heterocycles. The number of rotatable bonds is 5. The van der Waals surface area contributed by atoms with E-state index in [-0.39, 0.29) is 17.7 Å². The Morgan fingerprint density at radius 1 is 1.19 bits per heavy atom. The van der Waals surface area contributed by atoms with Gasteiger partial charge in [0.25, 0.3) is 0 Å². The fourth-order valence-corrected chi connectivity index (χ4v) is 5.48. The van der Waals surface area contributed by atoms with Crippen LogP contribution in [0.3, 0.4) is 0 Å². The Hall–Kier alpha value is -3.53. The molecule has 3 aromatic rings. The number of amidine groups is 1. The molecule has 37 heavy (non-hydrogen) atoms. The van der Waals surface area contributed by atoms with Crippen molar-refractivity contribution in [3.8, 4) is 11.3 Å². The van der Waals surface area contributed by atoms with Crippen LogP contribution in [0.1, 0.15) is 50.9 Å². The van der Waals surface area contributed by atoms with Crippen molar-refractivity contribution in [1.29, 1.82) is 5.41 Å². The first-order valence-electron chi connectivity index (χ1n) is 13.1. The number of carbonyl (C=O) groups is 1. The topological polar surface area (TPSA) is 129 Å². The van der Waals surface area contributed by atoms with Gasteiger partial charge in [0.2, 0.25) is 5.95 Å². The first-order chi connectivity index (χ1) is 17.8. The van der Waals surface area contributed by atoms with Crippen LogP contribution in [0.5, 0.6) is 0 Å². The molecule has 0 radical (unpaired) electrons. The third-order valence-electron chi connectivity index (χ3n) is 7.53. The molecule has 1 aromatic carbocycles. The normalized spacial score (nSPS) is 22.2. The third kappa shape index (κ3) is 5.29. The second-order valence-corrected chi connectivity index (χ2v) is 10.5. The number of carboxylic acid groups (broad SMARTS) is 1. The predicted octanol–water partition coefficient (Wildman–Crippen LogP) is 4.45. The highest BCUT2D eigenvalue weighted by Gasteiger charge is 2.30. The molecule has 1 aliphatic heterocycles. The van der Waals surface area contributed by atoms with E-state index in [9.17, 15) is 9.90 Å². The Balaban J connectivity index is 1.71. The van der Waals surface area contributed by atoms with Gasteiger partial charge in [0, 0.05) is 18.7 Å². The summed E-state index contributed by atoms with van der Waals surface area (Å²) in [6.45, 7) is 9.28. The molecule has 1 saturated carbocycles. The van der Waals surface area contributed by atoms with E-state index in [1.807, 2.05) is 25.1 Å². The van der Waals surface area contributed by atoms with Crippen LogP contribution in [0.2, 0.25) is 0 Å². The van der Waals surface area contributed by atoms with Gasteiger partial charge < -0.3 is 19.3 Å². The van der Waals surface area contributed by atoms with E-state index in [1.54, 1.807) is 0 Å². The zero-order valence-corrected chi connectivity index (χ0v) is 21.7. The monoisotopic (exact) mass is 505 g/mol. The van der Waals surface area contributed by atoms with Gasteiger partial charge in [-0.05, 0) is 44.6 Å². The van der Waals surface area contributed by atoms with Crippen LogP contribution in [-0.4, -0.2) is 62.4 Å². The van der Waals surface area contributed by atoms with Crippen molar-refractivity contribution >= 4 is 29.0 Å². The van der Waals surface area contributed by atoms with Crippen LogP contribution < -0.4 is 10.2 Å². The lowest BCUT2D eigenvalue weighted by Gasteiger charge is -2.35. The fraction of sp³-hybridized carbons (Fsp3) is 0.519. The predicted molar refractivity (Wildman–Crippen MR) is 142 cm³/mol. The number of hydrogen-bond donors (Lipinski definition) is 3. The number of nitrogens with zero attached hydrogens (tertiary/aromatic N) is 5. The van der Waals surface area contributed by atoms with Gasteiger partial charge in [-0.3, -0.25) is 10.7 Å². The SMILES string of the molecule is Cc1cccc(-c2nc(C(=N)NC(=O)O)nc3nc(N4CCOC[C@@H]4C)n(C[C@H]4CC[C@H](C)CC4)c23)c1. The average Bonchev–Trinajstić information content (AvgIpc) is 3.22. The van der Waals surface area contributed by atoms with E-state index in [4.69, 9.17) is 20.1 Å². The number of ether oxygens (including phenoxy) is 1. The molecule has 1 atom stereocenters. The van der Waals surface area contributed by atoms with Crippen LogP contribution >= 0.6 is 0 Å². The van der Waals surface area contributed by atoms with Crippen molar-refractivity contribution in [1.82, 2.24) is 24.8 Å². The molecule has 10 nitrogen and oxygen atoms in total. The maximum atomic E-state index is 11.2. The minimum Gasteiger partial charge on any atom is -0.465 e. The van der Waals surface area contributed by atoms with Crippen LogP contribution in [0.25, 0.3) is 22.4 Å². The van der Waals surface area contributed by atoms with Crippen LogP contribution in [-0.2, 0) is 11.3 Å². The maximum absolute atomic E-state index is 11.2. The summed E-state index contributed by atoms with van der Waals surface area (Å²) in [6, 6.07) is 8.20. The van der Waals surface area contributed by atoms with E-state index in [0.29, 0.717) is 30.5 Å². The Labute approximate surface area is 216 Å². The highest BCUT2D eigenvalue weighted by Crippen LogP contribution is 2.36. The number of imidazole rings is 1.